The molecule has 21 heavy (non-hydrogen) atoms. The van der Waals surface area contributed by atoms with E-state index in [0.717, 1.165) is 0 Å². The summed E-state index contributed by atoms with van der Waals surface area (Å²) in [5, 5.41) is 13.1. The van der Waals surface area contributed by atoms with Gasteiger partial charge in [-0.05, 0) is 33.1 Å². The number of aliphatic hydroxyl groups excluding tert-OH is 1. The maximum Gasteiger partial charge on any atom is 0.208 e. The quantitative estimate of drug-likeness (QED) is 0.451. The lowest BCUT2D eigenvalue weighted by Gasteiger charge is -2.23. The average molecular weight is 290 g/mol. The molecule has 1 heterocycles. The molecule has 0 aliphatic rings. The molecule has 0 aliphatic carbocycles. The highest BCUT2D eigenvalue weighted by Crippen LogP contribution is 2.29. The van der Waals surface area contributed by atoms with Crippen LogP contribution in [0.15, 0.2) is 4.99 Å². The molecule has 7 nitrogen and oxygen atoms in total. The Balaban J connectivity index is 3.05. The zero-order chi connectivity index (χ0) is 16.0. The van der Waals surface area contributed by atoms with E-state index in [1.54, 1.807) is 13.1 Å². The van der Waals surface area contributed by atoms with E-state index in [1.807, 2.05) is 13.8 Å². The third kappa shape index (κ3) is 4.70. The Labute approximate surface area is 124 Å². The van der Waals surface area contributed by atoms with Crippen molar-refractivity contribution in [2.24, 2.45) is 10.7 Å². The maximum absolute atomic E-state index is 10.1. The van der Waals surface area contributed by atoms with Crippen molar-refractivity contribution in [2.45, 2.75) is 45.4 Å². The molecule has 3 atom stereocenters. The lowest BCUT2D eigenvalue weighted by Crippen LogP contribution is -2.35. The highest BCUT2D eigenvalue weighted by molar-refractivity contribution is 5.77. The van der Waals surface area contributed by atoms with Crippen molar-refractivity contribution in [3.05, 3.63) is 5.82 Å². The Morgan fingerprint density at radius 2 is 2.14 bits per heavy atom. The van der Waals surface area contributed by atoms with Crippen molar-refractivity contribution in [3.63, 3.8) is 0 Å². The van der Waals surface area contributed by atoms with Crippen molar-refractivity contribution in [1.29, 1.82) is 0 Å². The predicted molar refractivity (Wildman–Crippen MR) is 85.6 cm³/mol. The topological polar surface area (TPSA) is 122 Å². The molecule has 0 aliphatic heterocycles. The van der Waals surface area contributed by atoms with E-state index in [4.69, 9.17) is 17.9 Å². The highest BCUT2D eigenvalue weighted by Gasteiger charge is 2.19. The van der Waals surface area contributed by atoms with Gasteiger partial charge in [-0.1, -0.05) is 0 Å². The number of aromatic nitrogens is 2. The minimum absolute atomic E-state index is 0.103. The van der Waals surface area contributed by atoms with Gasteiger partial charge in [0.15, 0.2) is 11.6 Å². The minimum atomic E-state index is -0.631. The molecule has 0 radical (unpaired) electrons. The first-order valence-corrected chi connectivity index (χ1v) is 6.72. The Bertz CT molecular complexity index is 549. The lowest BCUT2D eigenvalue weighted by atomic mass is 10.1. The summed E-state index contributed by atoms with van der Waals surface area (Å²) in [6, 6.07) is -0.393. The van der Waals surface area contributed by atoms with Crippen LogP contribution in [0.4, 0.5) is 17.3 Å². The van der Waals surface area contributed by atoms with Gasteiger partial charge in [-0.15, -0.1) is 6.42 Å². The van der Waals surface area contributed by atoms with Gasteiger partial charge >= 0.3 is 0 Å². The molecule has 7 heteroatoms. The first-order valence-electron chi connectivity index (χ1n) is 6.72. The first-order chi connectivity index (χ1) is 9.88. The van der Waals surface area contributed by atoms with E-state index in [-0.39, 0.29) is 23.7 Å². The van der Waals surface area contributed by atoms with Crippen LogP contribution in [-0.2, 0) is 0 Å². The summed E-state index contributed by atoms with van der Waals surface area (Å²) >= 11 is 0. The molecule has 3 unspecified atom stereocenters. The molecular formula is C14H22N6O. The van der Waals surface area contributed by atoms with E-state index in [9.17, 15) is 5.11 Å². The van der Waals surface area contributed by atoms with Crippen LogP contribution >= 0.6 is 0 Å². The second kappa shape index (κ2) is 7.57. The van der Waals surface area contributed by atoms with Crippen LogP contribution in [-0.4, -0.2) is 39.5 Å². The number of nitrogens with one attached hydrogen (secondary N) is 1. The van der Waals surface area contributed by atoms with Crippen LogP contribution in [0, 0.1) is 12.3 Å². The fraction of sp³-hybridized carbons (Fsp3) is 0.500. The van der Waals surface area contributed by atoms with Gasteiger partial charge in [0, 0.05) is 12.3 Å². The molecule has 0 aromatic carbocycles. The van der Waals surface area contributed by atoms with Crippen LogP contribution in [0.5, 0.6) is 0 Å². The summed E-state index contributed by atoms with van der Waals surface area (Å²) in [5.41, 5.74) is 11.9. The van der Waals surface area contributed by atoms with Crippen LogP contribution in [0.25, 0.3) is 0 Å². The molecule has 1 rings (SSSR count). The average Bonchev–Trinajstić information content (AvgIpc) is 2.41. The smallest absolute Gasteiger partial charge is 0.208 e. The van der Waals surface area contributed by atoms with Gasteiger partial charge in [0.1, 0.15) is 5.69 Å². The largest absolute Gasteiger partial charge is 0.391 e. The van der Waals surface area contributed by atoms with Gasteiger partial charge in [0.25, 0.3) is 0 Å². The standard InChI is InChI=1S/C14H22N6O/c1-5-11-19-13(16)12(17-6-2)14(20-11)18-9(4)10(21)7-8(3)15/h1,6,8-10,21H,7,15H2,2-4H3,(H3,16,18,19,20). The van der Waals surface area contributed by atoms with Gasteiger partial charge in [0.05, 0.1) is 12.1 Å². The number of nitrogens with zero attached hydrogens (tertiary/aromatic N) is 3. The molecule has 114 valence electrons. The number of aliphatic imine (C=N–C) groups is 1. The number of nitrogens with two attached hydrogens (primary N) is 2. The molecule has 0 saturated heterocycles. The zero-order valence-corrected chi connectivity index (χ0v) is 12.5. The highest BCUT2D eigenvalue weighted by atomic mass is 16.3. The van der Waals surface area contributed by atoms with Gasteiger partial charge in [0.2, 0.25) is 5.82 Å². The molecule has 0 amide bonds. The normalized spacial score (nSPS) is 15.4. The molecular weight excluding hydrogens is 268 g/mol. The second-order valence-electron chi connectivity index (χ2n) is 4.87. The van der Waals surface area contributed by atoms with Gasteiger partial charge in [-0.2, -0.15) is 0 Å². The molecule has 1 aromatic rings. The van der Waals surface area contributed by atoms with E-state index >= 15 is 0 Å². The molecule has 0 fully saturated rings. The Morgan fingerprint density at radius 1 is 1.48 bits per heavy atom. The van der Waals surface area contributed by atoms with Crippen LogP contribution in [0.3, 0.4) is 0 Å². The monoisotopic (exact) mass is 290 g/mol. The summed E-state index contributed by atoms with van der Waals surface area (Å²) in [6.45, 7) is 5.41. The molecule has 6 N–H and O–H groups in total. The fourth-order valence-corrected chi connectivity index (χ4v) is 1.79. The van der Waals surface area contributed by atoms with Gasteiger partial charge in [-0.25, -0.2) is 9.97 Å². The van der Waals surface area contributed by atoms with Crippen molar-refractivity contribution in [3.8, 4) is 12.3 Å². The fourth-order valence-electron chi connectivity index (χ4n) is 1.79. The SMILES string of the molecule is C#Cc1nc(N)c(N=CC)c(NC(C)C(O)CC(C)N)n1. The summed E-state index contributed by atoms with van der Waals surface area (Å²) in [7, 11) is 0. The van der Waals surface area contributed by atoms with E-state index < -0.39 is 6.10 Å². The first kappa shape index (κ1) is 16.9. The zero-order valence-electron chi connectivity index (χ0n) is 12.5. The molecule has 0 saturated carbocycles. The summed E-state index contributed by atoms with van der Waals surface area (Å²) < 4.78 is 0. The number of nitrogen functional groups attached to an aromatic ring is 1. The van der Waals surface area contributed by atoms with Crippen molar-refractivity contribution < 1.29 is 5.11 Å². The van der Waals surface area contributed by atoms with Crippen molar-refractivity contribution >= 4 is 23.5 Å². The Morgan fingerprint density at radius 3 is 2.67 bits per heavy atom. The third-order valence-corrected chi connectivity index (χ3v) is 2.85. The van der Waals surface area contributed by atoms with Crippen LogP contribution in [0.1, 0.15) is 33.0 Å². The van der Waals surface area contributed by atoms with Crippen LogP contribution < -0.4 is 16.8 Å². The lowest BCUT2D eigenvalue weighted by molar-refractivity contribution is 0.141. The summed E-state index contributed by atoms with van der Waals surface area (Å²) in [4.78, 5) is 12.3. The second-order valence-corrected chi connectivity index (χ2v) is 4.87. The number of terminal acetylenes is 1. The summed E-state index contributed by atoms with van der Waals surface area (Å²) in [5.74, 6) is 3.08. The molecule has 1 aromatic heterocycles. The van der Waals surface area contributed by atoms with Crippen molar-refractivity contribution in [2.75, 3.05) is 11.1 Å². The van der Waals surface area contributed by atoms with E-state index in [1.165, 1.54) is 0 Å². The number of hydrogen-bond donors (Lipinski definition) is 4. The predicted octanol–water partition coefficient (Wildman–Crippen LogP) is 0.661. The Hall–Kier alpha value is -2.17. The Kier molecular flexibility index (Phi) is 6.09. The number of rotatable bonds is 6. The summed E-state index contributed by atoms with van der Waals surface area (Å²) in [6.07, 6.45) is 6.72. The van der Waals surface area contributed by atoms with Crippen LogP contribution in [0.2, 0.25) is 0 Å². The third-order valence-electron chi connectivity index (χ3n) is 2.85. The number of aliphatic hydroxyl groups is 1. The van der Waals surface area contributed by atoms with Gasteiger partial charge in [-0.3, -0.25) is 4.99 Å². The maximum atomic E-state index is 10.1. The van der Waals surface area contributed by atoms with Crippen molar-refractivity contribution in [1.82, 2.24) is 9.97 Å². The number of hydrogen-bond acceptors (Lipinski definition) is 7. The van der Waals surface area contributed by atoms with E-state index in [0.29, 0.717) is 17.9 Å². The van der Waals surface area contributed by atoms with Gasteiger partial charge < -0.3 is 21.9 Å². The molecule has 0 bridgehead atoms. The molecule has 0 spiro atoms. The van der Waals surface area contributed by atoms with E-state index in [2.05, 4.69) is 26.2 Å². The minimum Gasteiger partial charge on any atom is -0.391 e. The number of anilines is 2.